The first-order valence-electron chi connectivity index (χ1n) is 5.53. The van der Waals surface area contributed by atoms with E-state index >= 15 is 0 Å². The number of halogens is 2. The molecule has 6 heteroatoms. The van der Waals surface area contributed by atoms with Crippen molar-refractivity contribution in [3.8, 4) is 5.75 Å². The lowest BCUT2D eigenvalue weighted by Gasteiger charge is -2.25. The number of amides is 1. The number of fused-ring (bicyclic) bond motifs is 1. The first-order valence-corrected chi connectivity index (χ1v) is 6.32. The highest BCUT2D eigenvalue weighted by molar-refractivity contribution is 9.10. The van der Waals surface area contributed by atoms with E-state index in [9.17, 15) is 9.18 Å². The molecule has 0 radical (unpaired) electrons. The minimum atomic E-state index is -0.869. The second-order valence-corrected chi connectivity index (χ2v) is 4.84. The second kappa shape index (κ2) is 4.62. The molecule has 1 aliphatic heterocycles. The Balaban J connectivity index is 1.98. The SMILES string of the molecule is O=C1Nc2nc(Br)ccc2OC1c1cccc(F)c1. The molecule has 1 aromatic carbocycles. The Labute approximate surface area is 116 Å². The van der Waals surface area contributed by atoms with Crippen LogP contribution in [-0.2, 0) is 4.79 Å². The Morgan fingerprint density at radius 2 is 2.16 bits per heavy atom. The van der Waals surface area contributed by atoms with Crippen molar-refractivity contribution in [2.45, 2.75) is 6.10 Å². The van der Waals surface area contributed by atoms with Crippen LogP contribution in [0.15, 0.2) is 41.0 Å². The lowest BCUT2D eigenvalue weighted by molar-refractivity contribution is -0.123. The van der Waals surface area contributed by atoms with Gasteiger partial charge in [0.15, 0.2) is 11.6 Å². The van der Waals surface area contributed by atoms with Crippen molar-refractivity contribution in [1.82, 2.24) is 4.98 Å². The second-order valence-electron chi connectivity index (χ2n) is 4.02. The highest BCUT2D eigenvalue weighted by Gasteiger charge is 2.30. The third-order valence-electron chi connectivity index (χ3n) is 2.70. The van der Waals surface area contributed by atoms with Gasteiger partial charge in [-0.15, -0.1) is 0 Å². The van der Waals surface area contributed by atoms with E-state index < -0.39 is 11.9 Å². The van der Waals surface area contributed by atoms with Gasteiger partial charge in [0, 0.05) is 5.56 Å². The van der Waals surface area contributed by atoms with E-state index in [1.807, 2.05) is 0 Å². The molecule has 0 fully saturated rings. The molecular formula is C13H8BrFN2O2. The van der Waals surface area contributed by atoms with Crippen LogP contribution in [0.2, 0.25) is 0 Å². The molecule has 1 atom stereocenters. The monoisotopic (exact) mass is 322 g/mol. The van der Waals surface area contributed by atoms with Crippen molar-refractivity contribution in [3.63, 3.8) is 0 Å². The number of pyridine rings is 1. The summed E-state index contributed by atoms with van der Waals surface area (Å²) in [6, 6.07) is 9.18. The maximum Gasteiger partial charge on any atom is 0.271 e. The Bertz CT molecular complexity index is 663. The lowest BCUT2D eigenvalue weighted by Crippen LogP contribution is -2.30. The van der Waals surface area contributed by atoms with Gasteiger partial charge in [0.25, 0.3) is 5.91 Å². The van der Waals surface area contributed by atoms with E-state index in [0.29, 0.717) is 21.7 Å². The number of anilines is 1. The molecule has 2 aromatic rings. The van der Waals surface area contributed by atoms with Crippen LogP contribution in [0.3, 0.4) is 0 Å². The molecule has 1 aliphatic rings. The molecule has 1 unspecified atom stereocenters. The Kier molecular flexibility index (Phi) is 2.94. The van der Waals surface area contributed by atoms with E-state index in [1.54, 1.807) is 18.2 Å². The number of carbonyl (C=O) groups excluding carboxylic acids is 1. The Hall–Kier alpha value is -1.95. The Morgan fingerprint density at radius 3 is 2.95 bits per heavy atom. The number of hydrogen-bond acceptors (Lipinski definition) is 3. The number of carbonyl (C=O) groups is 1. The van der Waals surface area contributed by atoms with E-state index in [-0.39, 0.29) is 5.91 Å². The molecule has 1 N–H and O–H groups in total. The van der Waals surface area contributed by atoms with Crippen LogP contribution in [0.4, 0.5) is 10.2 Å². The number of nitrogens with zero attached hydrogens (tertiary/aromatic N) is 1. The van der Waals surface area contributed by atoms with Crippen molar-refractivity contribution < 1.29 is 13.9 Å². The predicted molar refractivity (Wildman–Crippen MR) is 70.3 cm³/mol. The number of rotatable bonds is 1. The van der Waals surface area contributed by atoms with Crippen molar-refractivity contribution in [2.24, 2.45) is 0 Å². The molecule has 3 rings (SSSR count). The zero-order valence-electron chi connectivity index (χ0n) is 9.56. The highest BCUT2D eigenvalue weighted by Crippen LogP contribution is 2.34. The first kappa shape index (κ1) is 12.1. The van der Waals surface area contributed by atoms with Crippen molar-refractivity contribution in [1.29, 1.82) is 0 Å². The number of ether oxygens (including phenoxy) is 1. The summed E-state index contributed by atoms with van der Waals surface area (Å²) in [6.45, 7) is 0. The maximum absolute atomic E-state index is 13.2. The average molecular weight is 323 g/mol. The van der Waals surface area contributed by atoms with Crippen LogP contribution in [0.5, 0.6) is 5.75 Å². The van der Waals surface area contributed by atoms with Crippen LogP contribution in [-0.4, -0.2) is 10.9 Å². The summed E-state index contributed by atoms with van der Waals surface area (Å²) in [5, 5.41) is 2.64. The minimum Gasteiger partial charge on any atom is -0.472 e. The largest absolute Gasteiger partial charge is 0.472 e. The van der Waals surface area contributed by atoms with Gasteiger partial charge in [-0.3, -0.25) is 4.79 Å². The summed E-state index contributed by atoms with van der Waals surface area (Å²) in [5.74, 6) is 0.0291. The Morgan fingerprint density at radius 1 is 1.32 bits per heavy atom. The highest BCUT2D eigenvalue weighted by atomic mass is 79.9. The predicted octanol–water partition coefficient (Wildman–Crippen LogP) is 3.06. The summed E-state index contributed by atoms with van der Waals surface area (Å²) >= 11 is 3.21. The third-order valence-corrected chi connectivity index (χ3v) is 3.14. The van der Waals surface area contributed by atoms with Gasteiger partial charge >= 0.3 is 0 Å². The van der Waals surface area contributed by atoms with Crippen LogP contribution < -0.4 is 10.1 Å². The third kappa shape index (κ3) is 2.31. The summed E-state index contributed by atoms with van der Waals surface area (Å²) < 4.78 is 19.4. The van der Waals surface area contributed by atoms with Crippen LogP contribution in [0.25, 0.3) is 0 Å². The summed E-state index contributed by atoms with van der Waals surface area (Å²) in [5.41, 5.74) is 0.464. The minimum absolute atomic E-state index is 0.354. The maximum atomic E-state index is 13.2. The number of hydrogen-bond donors (Lipinski definition) is 1. The summed E-state index contributed by atoms with van der Waals surface area (Å²) in [4.78, 5) is 16.1. The first-order chi connectivity index (χ1) is 9.13. The molecule has 0 saturated heterocycles. The smallest absolute Gasteiger partial charge is 0.271 e. The van der Waals surface area contributed by atoms with E-state index in [1.165, 1.54) is 18.2 Å². The molecule has 1 amide bonds. The topological polar surface area (TPSA) is 51.2 Å². The van der Waals surface area contributed by atoms with Gasteiger partial charge in [0.2, 0.25) is 6.10 Å². The molecule has 2 heterocycles. The molecule has 0 bridgehead atoms. The van der Waals surface area contributed by atoms with Crippen LogP contribution in [0.1, 0.15) is 11.7 Å². The molecule has 0 spiro atoms. The average Bonchev–Trinajstić information content (AvgIpc) is 2.37. The van der Waals surface area contributed by atoms with Gasteiger partial charge in [0.05, 0.1) is 0 Å². The molecule has 4 nitrogen and oxygen atoms in total. The van der Waals surface area contributed by atoms with Crippen molar-refractivity contribution in [3.05, 3.63) is 52.4 Å². The van der Waals surface area contributed by atoms with Gasteiger partial charge in [-0.1, -0.05) is 12.1 Å². The summed E-state index contributed by atoms with van der Waals surface area (Å²) in [7, 11) is 0. The fraction of sp³-hybridized carbons (Fsp3) is 0.0769. The van der Waals surface area contributed by atoms with Gasteiger partial charge < -0.3 is 10.1 Å². The molecule has 0 aliphatic carbocycles. The standard InChI is InChI=1S/C13H8BrFN2O2/c14-10-5-4-9-12(16-10)17-13(18)11(19-9)7-2-1-3-8(15)6-7/h1-6,11H,(H,16,17,18). The number of aromatic nitrogens is 1. The quantitative estimate of drug-likeness (QED) is 0.821. The summed E-state index contributed by atoms with van der Waals surface area (Å²) in [6.07, 6.45) is -0.869. The molecule has 0 saturated carbocycles. The zero-order valence-corrected chi connectivity index (χ0v) is 11.1. The van der Waals surface area contributed by atoms with Gasteiger partial charge in [-0.25, -0.2) is 9.37 Å². The van der Waals surface area contributed by atoms with E-state index in [4.69, 9.17) is 4.74 Å². The van der Waals surface area contributed by atoms with Crippen molar-refractivity contribution in [2.75, 3.05) is 5.32 Å². The van der Waals surface area contributed by atoms with Gasteiger partial charge in [-0.05, 0) is 40.2 Å². The van der Waals surface area contributed by atoms with Crippen LogP contribution >= 0.6 is 15.9 Å². The van der Waals surface area contributed by atoms with E-state index in [0.717, 1.165) is 0 Å². The van der Waals surface area contributed by atoms with Crippen LogP contribution in [0, 0.1) is 5.82 Å². The fourth-order valence-corrected chi connectivity index (χ4v) is 2.17. The van der Waals surface area contributed by atoms with Gasteiger partial charge in [-0.2, -0.15) is 0 Å². The number of benzene rings is 1. The van der Waals surface area contributed by atoms with Gasteiger partial charge in [0.1, 0.15) is 10.4 Å². The fourth-order valence-electron chi connectivity index (χ4n) is 1.86. The molecule has 1 aromatic heterocycles. The number of nitrogens with one attached hydrogen (secondary N) is 1. The van der Waals surface area contributed by atoms with E-state index in [2.05, 4.69) is 26.2 Å². The van der Waals surface area contributed by atoms with Crippen molar-refractivity contribution >= 4 is 27.7 Å². The zero-order chi connectivity index (χ0) is 13.4. The molecule has 96 valence electrons. The molecular weight excluding hydrogens is 315 g/mol. The molecule has 19 heavy (non-hydrogen) atoms. The lowest BCUT2D eigenvalue weighted by atomic mass is 10.1. The normalized spacial score (nSPS) is 17.4.